The fourth-order valence-corrected chi connectivity index (χ4v) is 9.24. The molecule has 9 heteroatoms. The number of nitrogens with zero attached hydrogens (tertiary/aromatic N) is 6. The Kier molecular flexibility index (Phi) is 17.0. The van der Waals surface area contributed by atoms with Crippen molar-refractivity contribution in [3.63, 3.8) is 0 Å². The molecule has 8 nitrogen and oxygen atoms in total. The van der Waals surface area contributed by atoms with Crippen molar-refractivity contribution in [2.24, 2.45) is 23.7 Å². The van der Waals surface area contributed by atoms with Crippen LogP contribution in [0.3, 0.4) is 0 Å². The van der Waals surface area contributed by atoms with E-state index in [0.717, 1.165) is 77.1 Å². The van der Waals surface area contributed by atoms with Gasteiger partial charge in [0.05, 0.1) is 0 Å². The van der Waals surface area contributed by atoms with Crippen molar-refractivity contribution in [3.05, 3.63) is 212 Å². The van der Waals surface area contributed by atoms with Gasteiger partial charge in [0.25, 0.3) is 0 Å². The van der Waals surface area contributed by atoms with Crippen LogP contribution in [0, 0.1) is 23.7 Å². The van der Waals surface area contributed by atoms with Gasteiger partial charge in [0, 0.05) is 12.5 Å². The Bertz CT molecular complexity index is 1800. The summed E-state index contributed by atoms with van der Waals surface area (Å²) in [4.78, 5) is 12.6. The molecule has 0 saturated heterocycles. The van der Waals surface area contributed by atoms with Gasteiger partial charge in [-0.15, -0.1) is 0 Å². The van der Waals surface area contributed by atoms with Crippen LogP contribution in [0.5, 0.6) is 0 Å². The Balaban J connectivity index is 0.000000190. The van der Waals surface area contributed by atoms with Gasteiger partial charge in [-0.3, -0.25) is 4.79 Å². The predicted octanol–water partition coefficient (Wildman–Crippen LogP) is 14.2. The molecule has 10 rings (SSSR count). The quantitative estimate of drug-likeness (QED) is 0.171. The van der Waals surface area contributed by atoms with E-state index in [9.17, 15) is 4.79 Å². The molecule has 0 aromatic heterocycles. The van der Waals surface area contributed by atoms with E-state index in [-0.39, 0.29) is 19.5 Å². The number of carbonyl (C=O) groups is 1. The van der Waals surface area contributed by atoms with Gasteiger partial charge in [-0.2, -0.15) is 71.4 Å². The minimum atomic E-state index is 0. The summed E-state index contributed by atoms with van der Waals surface area (Å²) in [5.74, 6) is 3.83. The monoisotopic (exact) mass is 873 g/mol. The Labute approximate surface area is 365 Å². The molecule has 6 aliphatic heterocycles. The van der Waals surface area contributed by atoms with Crippen LogP contribution >= 0.6 is 0 Å². The van der Waals surface area contributed by atoms with Gasteiger partial charge in [0.15, 0.2) is 0 Å². The second kappa shape index (κ2) is 23.0. The smallest absolute Gasteiger partial charge is 0.665 e. The van der Waals surface area contributed by atoms with E-state index >= 15 is 0 Å². The molecule has 0 aromatic carbocycles. The standard InChI is InChI=1S/C30H41N3O.2C10H8N2.Ru/c1-21-10-12-31-27(14-21)28-20-22(11-13-32-28)8-6-4-2-3-5-7-9-29(34)33-30-25-16-23-15-24(18-25)19-26(30)17-23;2*1-3-7-11-9(5-1)10-6-2-4-8-12-10;/h10-14,20,23-26,30H,2-9,15-19H2,1H3,(H,33,34);2*1-8H;/q3*-2;+8/b28-27-;2*10-9-;. The molecule has 0 spiro atoms. The predicted molar refractivity (Wildman–Crippen MR) is 240 cm³/mol. The van der Waals surface area contributed by atoms with Crippen molar-refractivity contribution in [1.29, 1.82) is 0 Å². The summed E-state index contributed by atoms with van der Waals surface area (Å²) in [6.07, 6.45) is 58.4. The second-order valence-corrected chi connectivity index (χ2v) is 16.3. The van der Waals surface area contributed by atoms with E-state index in [0.29, 0.717) is 11.9 Å². The van der Waals surface area contributed by atoms with Crippen molar-refractivity contribution in [1.82, 2.24) is 5.32 Å². The molecule has 0 aromatic rings. The molecule has 1 N–H and O–H groups in total. The van der Waals surface area contributed by atoms with Crippen molar-refractivity contribution in [3.8, 4) is 0 Å². The fraction of sp³-hybridized carbons (Fsp3) is 0.380. The zero-order valence-corrected chi connectivity index (χ0v) is 36.0. The summed E-state index contributed by atoms with van der Waals surface area (Å²) in [7, 11) is 0. The van der Waals surface area contributed by atoms with Crippen molar-refractivity contribution in [2.45, 2.75) is 96.4 Å². The van der Waals surface area contributed by atoms with Crippen molar-refractivity contribution < 1.29 is 24.3 Å². The molecule has 10 aliphatic rings. The molecule has 6 heterocycles. The topological polar surface area (TPSA) is 114 Å². The maximum atomic E-state index is 12.6. The Morgan fingerprint density at radius 2 is 0.949 bits per heavy atom. The first-order chi connectivity index (χ1) is 28.6. The number of amides is 1. The summed E-state index contributed by atoms with van der Waals surface area (Å²) >= 11 is 0. The van der Waals surface area contributed by atoms with Crippen LogP contribution in [0.1, 0.15) is 90.4 Å². The molecule has 1 amide bonds. The first-order valence-corrected chi connectivity index (χ1v) is 21.4. The van der Waals surface area contributed by atoms with E-state index in [1.807, 2.05) is 91.4 Å². The van der Waals surface area contributed by atoms with E-state index in [1.54, 1.807) is 24.8 Å². The molecule has 59 heavy (non-hydrogen) atoms. The van der Waals surface area contributed by atoms with Gasteiger partial charge in [-0.1, -0.05) is 134 Å². The van der Waals surface area contributed by atoms with Crippen LogP contribution in [0.2, 0.25) is 0 Å². The molecule has 0 atom stereocenters. The molecular weight excluding hydrogens is 816 g/mol. The normalized spacial score (nSPS) is 29.5. The average molecular weight is 873 g/mol. The molecule has 4 fully saturated rings. The van der Waals surface area contributed by atoms with Crippen molar-refractivity contribution in [2.75, 3.05) is 0 Å². The van der Waals surface area contributed by atoms with E-state index in [2.05, 4.69) is 62.4 Å². The van der Waals surface area contributed by atoms with Crippen molar-refractivity contribution >= 4 is 5.91 Å². The van der Waals surface area contributed by atoms with Gasteiger partial charge in [-0.05, 0) is 82.0 Å². The summed E-state index contributed by atoms with van der Waals surface area (Å²) in [5.41, 5.74) is 8.13. The first kappa shape index (κ1) is 43.6. The third kappa shape index (κ3) is 13.2. The summed E-state index contributed by atoms with van der Waals surface area (Å²) < 4.78 is 0. The Morgan fingerprint density at radius 1 is 0.508 bits per heavy atom. The fourth-order valence-electron chi connectivity index (χ4n) is 9.24. The maximum absolute atomic E-state index is 12.6. The number of hydrogen-bond donors (Lipinski definition) is 1. The van der Waals surface area contributed by atoms with Gasteiger partial charge in [-0.25, -0.2) is 0 Å². The van der Waals surface area contributed by atoms with E-state index in [4.69, 9.17) is 0 Å². The van der Waals surface area contributed by atoms with Gasteiger partial charge < -0.3 is 37.2 Å². The number of hydrogen-bond acceptors (Lipinski definition) is 1. The summed E-state index contributed by atoms with van der Waals surface area (Å²) in [6, 6.07) is 0.496. The second-order valence-electron chi connectivity index (χ2n) is 16.3. The summed E-state index contributed by atoms with van der Waals surface area (Å²) in [5, 5.41) is 29.2. The largest absolute Gasteiger partial charge is 8.00 e. The van der Waals surface area contributed by atoms with Gasteiger partial charge in [0.1, 0.15) is 0 Å². The molecule has 0 unspecified atom stereocenters. The van der Waals surface area contributed by atoms with Crippen LogP contribution < -0.4 is 5.32 Å². The zero-order valence-electron chi connectivity index (χ0n) is 34.2. The molecular formula is C50H57N7ORu+2. The minimum Gasteiger partial charge on any atom is -0.665 e. The van der Waals surface area contributed by atoms with Crippen LogP contribution in [-0.2, 0) is 24.3 Å². The number of allylic oxidation sites excluding steroid dienone is 18. The third-order valence-corrected chi connectivity index (χ3v) is 11.9. The molecule has 4 bridgehead atoms. The van der Waals surface area contributed by atoms with Crippen LogP contribution in [0.25, 0.3) is 31.9 Å². The number of rotatable bonds is 10. The van der Waals surface area contributed by atoms with E-state index in [1.165, 1.54) is 75.4 Å². The number of nitrogens with one attached hydrogen (secondary N) is 1. The minimum absolute atomic E-state index is 0. The van der Waals surface area contributed by atoms with Crippen LogP contribution in [0.4, 0.5) is 0 Å². The zero-order chi connectivity index (χ0) is 39.8. The Hall–Kier alpha value is -5.01. The third-order valence-electron chi connectivity index (χ3n) is 11.9. The van der Waals surface area contributed by atoms with Gasteiger partial charge in [0.2, 0.25) is 5.91 Å². The first-order valence-electron chi connectivity index (χ1n) is 21.4. The molecule has 304 valence electrons. The Morgan fingerprint density at radius 3 is 1.42 bits per heavy atom. The SMILES string of the molecule is C1=C[N-]/C(=C2/C=CC=C[N-]2)C=C1.C1=C[N-]/C(=C2/C=CC=C[N-]2)C=C1.CC1=C/C(=C2\C=C(CCCCCCCCC(=O)NC3C4CC5CC(C4)CC3C5)C=C[N-]2)[N-]C=C1.[Ru+8]. The molecule has 4 aliphatic carbocycles. The molecule has 0 radical (unpaired) electrons. The maximum Gasteiger partial charge on any atom is 8.00 e. The molecule has 4 saturated carbocycles. The number of unbranched alkanes of at least 4 members (excludes halogenated alkanes) is 5. The number of carbonyl (C=O) groups excluding carboxylic acids is 1. The average Bonchev–Trinajstić information content (AvgIpc) is 3.27. The van der Waals surface area contributed by atoms with Crippen LogP contribution in [-0.4, -0.2) is 11.9 Å². The van der Waals surface area contributed by atoms with Gasteiger partial charge >= 0.3 is 19.5 Å². The van der Waals surface area contributed by atoms with Crippen LogP contribution in [0.15, 0.2) is 180 Å². The summed E-state index contributed by atoms with van der Waals surface area (Å²) in [6.45, 7) is 2.09. The van der Waals surface area contributed by atoms with E-state index < -0.39 is 0 Å².